The molecule has 5 rings (SSSR count). The lowest BCUT2D eigenvalue weighted by atomic mass is 9.98. The number of anilines is 1. The number of aromatic nitrogens is 3. The predicted octanol–water partition coefficient (Wildman–Crippen LogP) is 5.55. The highest BCUT2D eigenvalue weighted by Crippen LogP contribution is 2.40. The zero-order valence-corrected chi connectivity index (χ0v) is 20.2. The van der Waals surface area contributed by atoms with E-state index in [0.29, 0.717) is 5.92 Å². The first-order chi connectivity index (χ1) is 16.1. The summed E-state index contributed by atoms with van der Waals surface area (Å²) in [6, 6.07) is 11.1. The highest BCUT2D eigenvalue weighted by Gasteiger charge is 2.25. The summed E-state index contributed by atoms with van der Waals surface area (Å²) < 4.78 is 13.7. The Kier molecular flexibility index (Phi) is 6.00. The fourth-order valence-corrected chi connectivity index (χ4v) is 5.23. The number of benzene rings is 2. The second-order valence-electron chi connectivity index (χ2n) is 9.44. The van der Waals surface area contributed by atoms with Crippen LogP contribution in [0.4, 0.5) is 5.69 Å². The number of hydrogen-bond donors (Lipinski definition) is 0. The third kappa shape index (κ3) is 3.96. The van der Waals surface area contributed by atoms with Crippen molar-refractivity contribution in [3.05, 3.63) is 47.3 Å². The van der Waals surface area contributed by atoms with E-state index in [1.54, 1.807) is 14.2 Å². The van der Waals surface area contributed by atoms with Crippen molar-refractivity contribution in [3.8, 4) is 28.6 Å². The summed E-state index contributed by atoms with van der Waals surface area (Å²) in [7, 11) is 3.41. The third-order valence-electron chi connectivity index (χ3n) is 7.02. The third-order valence-corrected chi connectivity index (χ3v) is 7.02. The SMILES string of the molecule is COc1cc(OC)c(C(C)C)cc1-c1nnc2n1-c1ccc(N3CCCCC3)cc1CCC2. The minimum Gasteiger partial charge on any atom is -0.496 e. The van der Waals surface area contributed by atoms with Gasteiger partial charge >= 0.3 is 0 Å². The minimum atomic E-state index is 0.315. The number of nitrogens with zero attached hydrogens (tertiary/aromatic N) is 4. The van der Waals surface area contributed by atoms with Crippen LogP contribution in [0.2, 0.25) is 0 Å². The van der Waals surface area contributed by atoms with Gasteiger partial charge in [0, 0.05) is 31.3 Å². The Morgan fingerprint density at radius 2 is 1.64 bits per heavy atom. The molecule has 3 heterocycles. The van der Waals surface area contributed by atoms with Crippen LogP contribution in [0.3, 0.4) is 0 Å². The van der Waals surface area contributed by atoms with Crippen LogP contribution in [0.25, 0.3) is 17.1 Å². The molecule has 2 aliphatic heterocycles. The van der Waals surface area contributed by atoms with E-state index in [4.69, 9.17) is 9.47 Å². The molecule has 2 aromatic carbocycles. The Labute approximate surface area is 196 Å². The molecule has 6 heteroatoms. The van der Waals surface area contributed by atoms with E-state index in [9.17, 15) is 0 Å². The first-order valence-corrected chi connectivity index (χ1v) is 12.2. The van der Waals surface area contributed by atoms with Crippen LogP contribution >= 0.6 is 0 Å². The molecule has 0 radical (unpaired) electrons. The maximum Gasteiger partial charge on any atom is 0.172 e. The van der Waals surface area contributed by atoms with Gasteiger partial charge in [-0.05, 0) is 73.4 Å². The van der Waals surface area contributed by atoms with E-state index in [1.165, 1.54) is 36.2 Å². The molecule has 0 unspecified atom stereocenters. The maximum atomic E-state index is 5.79. The Bertz CT molecular complexity index is 1150. The zero-order valence-electron chi connectivity index (χ0n) is 20.2. The number of piperidine rings is 1. The molecule has 0 spiro atoms. The molecule has 0 amide bonds. The summed E-state index contributed by atoms with van der Waals surface area (Å²) in [6.45, 7) is 6.66. The van der Waals surface area contributed by atoms with Gasteiger partial charge in [-0.25, -0.2) is 0 Å². The standard InChI is InChI=1S/C27H34N4O2/c1-18(2)21-16-22(25(33-4)17-24(21)32-3)27-29-28-26-10-8-9-19-15-20(11-12-23(19)31(26)27)30-13-6-5-7-14-30/h11-12,15-18H,5-10,13-14H2,1-4H3. The Balaban J connectivity index is 1.64. The lowest BCUT2D eigenvalue weighted by Crippen LogP contribution is -2.29. The van der Waals surface area contributed by atoms with E-state index in [2.05, 4.69) is 57.8 Å². The molecule has 33 heavy (non-hydrogen) atoms. The summed E-state index contributed by atoms with van der Waals surface area (Å²) in [5.41, 5.74) is 5.99. The molecule has 174 valence electrons. The maximum absolute atomic E-state index is 5.79. The van der Waals surface area contributed by atoms with Gasteiger partial charge in [0.25, 0.3) is 0 Å². The van der Waals surface area contributed by atoms with E-state index in [0.717, 1.165) is 66.6 Å². The van der Waals surface area contributed by atoms with Crippen molar-refractivity contribution < 1.29 is 9.47 Å². The molecule has 2 aliphatic rings. The molecule has 1 aromatic heterocycles. The zero-order chi connectivity index (χ0) is 22.9. The van der Waals surface area contributed by atoms with Crippen molar-refractivity contribution in [1.29, 1.82) is 0 Å². The lowest BCUT2D eigenvalue weighted by molar-refractivity contribution is 0.390. The van der Waals surface area contributed by atoms with Crippen molar-refractivity contribution in [2.45, 2.75) is 58.3 Å². The quantitative estimate of drug-likeness (QED) is 0.514. The number of rotatable bonds is 5. The normalized spacial score (nSPS) is 15.7. The smallest absolute Gasteiger partial charge is 0.172 e. The Hall–Kier alpha value is -3.02. The number of hydrogen-bond acceptors (Lipinski definition) is 5. The van der Waals surface area contributed by atoms with Crippen molar-refractivity contribution in [2.24, 2.45) is 0 Å². The van der Waals surface area contributed by atoms with Crippen LogP contribution in [-0.4, -0.2) is 42.1 Å². The second-order valence-corrected chi connectivity index (χ2v) is 9.44. The van der Waals surface area contributed by atoms with E-state index in [-0.39, 0.29) is 0 Å². The van der Waals surface area contributed by atoms with Crippen molar-refractivity contribution in [2.75, 3.05) is 32.2 Å². The molecule has 1 fully saturated rings. The molecule has 0 N–H and O–H groups in total. The van der Waals surface area contributed by atoms with Crippen LogP contribution in [0, 0.1) is 0 Å². The number of fused-ring (bicyclic) bond motifs is 3. The predicted molar refractivity (Wildman–Crippen MR) is 132 cm³/mol. The first-order valence-electron chi connectivity index (χ1n) is 12.2. The van der Waals surface area contributed by atoms with Gasteiger partial charge in [0.2, 0.25) is 0 Å². The van der Waals surface area contributed by atoms with Crippen LogP contribution < -0.4 is 14.4 Å². The Morgan fingerprint density at radius 1 is 0.848 bits per heavy atom. The topological polar surface area (TPSA) is 52.4 Å². The molecular weight excluding hydrogens is 412 g/mol. The average Bonchev–Trinajstić information content (AvgIpc) is 3.18. The molecule has 0 saturated carbocycles. The van der Waals surface area contributed by atoms with Crippen molar-refractivity contribution >= 4 is 5.69 Å². The Morgan fingerprint density at radius 3 is 2.36 bits per heavy atom. The molecule has 0 bridgehead atoms. The lowest BCUT2D eigenvalue weighted by Gasteiger charge is -2.29. The highest BCUT2D eigenvalue weighted by molar-refractivity contribution is 5.71. The summed E-state index contributed by atoms with van der Waals surface area (Å²) in [5.74, 6) is 3.75. The summed E-state index contributed by atoms with van der Waals surface area (Å²) in [6.07, 6.45) is 6.95. The van der Waals surface area contributed by atoms with Gasteiger partial charge in [-0.1, -0.05) is 13.8 Å². The van der Waals surface area contributed by atoms with E-state index < -0.39 is 0 Å². The van der Waals surface area contributed by atoms with Crippen LogP contribution in [0.5, 0.6) is 11.5 Å². The largest absolute Gasteiger partial charge is 0.496 e. The van der Waals surface area contributed by atoms with Gasteiger partial charge in [0.1, 0.15) is 17.3 Å². The highest BCUT2D eigenvalue weighted by atomic mass is 16.5. The van der Waals surface area contributed by atoms with E-state index >= 15 is 0 Å². The molecular formula is C27H34N4O2. The fraction of sp³-hybridized carbons (Fsp3) is 0.481. The summed E-state index contributed by atoms with van der Waals surface area (Å²) >= 11 is 0. The second kappa shape index (κ2) is 9.08. The van der Waals surface area contributed by atoms with Gasteiger partial charge in [-0.2, -0.15) is 0 Å². The van der Waals surface area contributed by atoms with Crippen LogP contribution in [0.15, 0.2) is 30.3 Å². The van der Waals surface area contributed by atoms with Crippen LogP contribution in [0.1, 0.15) is 62.4 Å². The van der Waals surface area contributed by atoms with Gasteiger partial charge in [-0.3, -0.25) is 4.57 Å². The van der Waals surface area contributed by atoms with Gasteiger partial charge < -0.3 is 14.4 Å². The first kappa shape index (κ1) is 21.8. The minimum absolute atomic E-state index is 0.315. The summed E-state index contributed by atoms with van der Waals surface area (Å²) in [5, 5.41) is 9.28. The molecule has 0 atom stereocenters. The van der Waals surface area contributed by atoms with Crippen molar-refractivity contribution in [3.63, 3.8) is 0 Å². The molecule has 3 aromatic rings. The van der Waals surface area contributed by atoms with E-state index in [1.807, 2.05) is 6.07 Å². The summed E-state index contributed by atoms with van der Waals surface area (Å²) in [4.78, 5) is 2.53. The monoisotopic (exact) mass is 446 g/mol. The van der Waals surface area contributed by atoms with Gasteiger partial charge in [0.15, 0.2) is 5.82 Å². The van der Waals surface area contributed by atoms with Crippen molar-refractivity contribution in [1.82, 2.24) is 14.8 Å². The molecule has 0 aliphatic carbocycles. The van der Waals surface area contributed by atoms with Crippen LogP contribution in [-0.2, 0) is 12.8 Å². The fourth-order valence-electron chi connectivity index (χ4n) is 5.23. The number of aryl methyl sites for hydroxylation is 2. The number of ether oxygens (including phenoxy) is 2. The van der Waals surface area contributed by atoms with Gasteiger partial charge in [0.05, 0.1) is 25.5 Å². The van der Waals surface area contributed by atoms with Gasteiger partial charge in [-0.15, -0.1) is 10.2 Å². The number of methoxy groups -OCH3 is 2. The molecule has 1 saturated heterocycles. The molecule has 6 nitrogen and oxygen atoms in total. The average molecular weight is 447 g/mol.